The fourth-order valence-electron chi connectivity index (χ4n) is 3.81. The Labute approximate surface area is 175 Å². The molecular weight excluding hydrogens is 388 g/mol. The molecule has 3 heterocycles. The van der Waals surface area contributed by atoms with Gasteiger partial charge in [-0.15, -0.1) is 0 Å². The Morgan fingerprint density at radius 2 is 1.87 bits per heavy atom. The van der Waals surface area contributed by atoms with Crippen LogP contribution in [0, 0.1) is 5.92 Å². The number of hydrogen-bond acceptors (Lipinski definition) is 6. The van der Waals surface area contributed by atoms with E-state index in [4.69, 9.17) is 18.6 Å². The monoisotopic (exact) mass is 414 g/mol. The van der Waals surface area contributed by atoms with Crippen molar-refractivity contribution >= 4 is 17.5 Å². The van der Waals surface area contributed by atoms with Crippen molar-refractivity contribution in [3.8, 4) is 17.4 Å². The third-order valence-corrected chi connectivity index (χ3v) is 5.50. The molecule has 0 unspecified atom stereocenters. The number of amides is 2. The van der Waals surface area contributed by atoms with Crippen LogP contribution < -0.4 is 19.5 Å². The maximum atomic E-state index is 12.5. The molecule has 0 bridgehead atoms. The summed E-state index contributed by atoms with van der Waals surface area (Å²) in [4.78, 5) is 26.6. The molecule has 1 saturated heterocycles. The quantitative estimate of drug-likeness (QED) is 0.780. The standard InChI is InChI=1S/C22H26N2O6/c1-27-21-7-5-18(30-21)22(26)24-10-8-15(9-11-24)2-6-20(25)23-16-3-4-17-19(14-16)29-13-12-28-17/h3-5,7,14-15H,2,6,8-13H2,1H3,(H,23,25). The number of hydrogen-bond donors (Lipinski definition) is 1. The van der Waals surface area contributed by atoms with Gasteiger partial charge in [-0.1, -0.05) is 0 Å². The zero-order valence-electron chi connectivity index (χ0n) is 17.0. The fraction of sp³-hybridized carbons (Fsp3) is 0.455. The van der Waals surface area contributed by atoms with Crippen molar-refractivity contribution in [2.45, 2.75) is 25.7 Å². The molecule has 2 aromatic rings. The van der Waals surface area contributed by atoms with E-state index in [2.05, 4.69) is 5.32 Å². The number of piperidine rings is 1. The number of rotatable bonds is 6. The van der Waals surface area contributed by atoms with Crippen LogP contribution in [-0.4, -0.2) is 50.1 Å². The van der Waals surface area contributed by atoms with Crippen LogP contribution in [0.5, 0.6) is 17.4 Å². The predicted octanol–water partition coefficient (Wildman–Crippen LogP) is 3.33. The predicted molar refractivity (Wildman–Crippen MR) is 109 cm³/mol. The summed E-state index contributed by atoms with van der Waals surface area (Å²) in [5, 5.41) is 2.92. The summed E-state index contributed by atoms with van der Waals surface area (Å²) in [5.74, 6) is 2.27. The van der Waals surface area contributed by atoms with E-state index < -0.39 is 0 Å². The van der Waals surface area contributed by atoms with Gasteiger partial charge in [-0.2, -0.15) is 0 Å². The zero-order valence-corrected chi connectivity index (χ0v) is 17.0. The van der Waals surface area contributed by atoms with Gasteiger partial charge >= 0.3 is 0 Å². The van der Waals surface area contributed by atoms with E-state index in [9.17, 15) is 9.59 Å². The first kappa shape index (κ1) is 20.1. The Morgan fingerprint density at radius 1 is 1.10 bits per heavy atom. The van der Waals surface area contributed by atoms with Gasteiger partial charge in [0.05, 0.1) is 7.11 Å². The van der Waals surface area contributed by atoms with Crippen molar-refractivity contribution in [2.24, 2.45) is 5.92 Å². The molecule has 30 heavy (non-hydrogen) atoms. The Morgan fingerprint density at radius 3 is 2.60 bits per heavy atom. The number of nitrogens with one attached hydrogen (secondary N) is 1. The Hall–Kier alpha value is -3.16. The molecule has 4 rings (SSSR count). The molecule has 1 N–H and O–H groups in total. The van der Waals surface area contributed by atoms with E-state index in [-0.39, 0.29) is 11.8 Å². The number of carbonyl (C=O) groups excluding carboxylic acids is 2. The van der Waals surface area contributed by atoms with E-state index >= 15 is 0 Å². The van der Waals surface area contributed by atoms with Crippen molar-refractivity contribution in [1.82, 2.24) is 4.90 Å². The lowest BCUT2D eigenvalue weighted by Gasteiger charge is -2.31. The Balaban J connectivity index is 1.21. The maximum Gasteiger partial charge on any atom is 0.289 e. The minimum absolute atomic E-state index is 0.0205. The lowest BCUT2D eigenvalue weighted by atomic mass is 9.92. The highest BCUT2D eigenvalue weighted by atomic mass is 16.6. The Bertz CT molecular complexity index is 901. The number of ether oxygens (including phenoxy) is 3. The number of nitrogens with zero attached hydrogens (tertiary/aromatic N) is 1. The van der Waals surface area contributed by atoms with Crippen LogP contribution >= 0.6 is 0 Å². The molecule has 8 heteroatoms. The van der Waals surface area contributed by atoms with E-state index in [1.165, 1.54) is 7.11 Å². The van der Waals surface area contributed by atoms with Crippen molar-refractivity contribution in [3.05, 3.63) is 36.1 Å². The van der Waals surface area contributed by atoms with Gasteiger partial charge in [-0.25, -0.2) is 0 Å². The molecule has 0 saturated carbocycles. The number of likely N-dealkylation sites (tertiary alicyclic amines) is 1. The summed E-state index contributed by atoms with van der Waals surface area (Å²) in [6.07, 6.45) is 3.00. The smallest absolute Gasteiger partial charge is 0.289 e. The molecule has 1 aromatic carbocycles. The van der Waals surface area contributed by atoms with Crippen LogP contribution in [-0.2, 0) is 4.79 Å². The van der Waals surface area contributed by atoms with Gasteiger partial charge in [0.1, 0.15) is 13.2 Å². The number of anilines is 1. The summed E-state index contributed by atoms with van der Waals surface area (Å²) in [5.41, 5.74) is 0.707. The number of fused-ring (bicyclic) bond motifs is 1. The van der Waals surface area contributed by atoms with Gasteiger partial charge in [0, 0.05) is 37.3 Å². The van der Waals surface area contributed by atoms with Gasteiger partial charge in [0.2, 0.25) is 5.91 Å². The average Bonchev–Trinajstić information content (AvgIpc) is 3.27. The summed E-state index contributed by atoms with van der Waals surface area (Å²) in [6.45, 7) is 2.38. The molecule has 2 aliphatic heterocycles. The second kappa shape index (κ2) is 9.11. The maximum absolute atomic E-state index is 12.5. The number of benzene rings is 1. The second-order valence-corrected chi connectivity index (χ2v) is 7.50. The summed E-state index contributed by atoms with van der Waals surface area (Å²) in [7, 11) is 1.50. The molecule has 0 aliphatic carbocycles. The van der Waals surface area contributed by atoms with Crippen molar-refractivity contribution in [3.63, 3.8) is 0 Å². The molecule has 2 aliphatic rings. The lowest BCUT2D eigenvalue weighted by Crippen LogP contribution is -2.38. The summed E-state index contributed by atoms with van der Waals surface area (Å²) >= 11 is 0. The van der Waals surface area contributed by atoms with Gasteiger partial charge < -0.3 is 28.8 Å². The summed E-state index contributed by atoms with van der Waals surface area (Å²) < 4.78 is 21.4. The second-order valence-electron chi connectivity index (χ2n) is 7.50. The Kier molecular flexibility index (Phi) is 6.11. The molecule has 0 radical (unpaired) electrons. The summed E-state index contributed by atoms with van der Waals surface area (Å²) in [6, 6.07) is 8.69. The molecule has 0 atom stereocenters. The van der Waals surface area contributed by atoms with Crippen molar-refractivity contribution in [1.29, 1.82) is 0 Å². The van der Waals surface area contributed by atoms with Crippen molar-refractivity contribution < 1.29 is 28.2 Å². The highest BCUT2D eigenvalue weighted by Gasteiger charge is 2.26. The van der Waals surface area contributed by atoms with E-state index in [0.717, 1.165) is 19.3 Å². The topological polar surface area (TPSA) is 90.2 Å². The minimum Gasteiger partial charge on any atom is -0.486 e. The highest BCUT2D eigenvalue weighted by Crippen LogP contribution is 2.32. The van der Waals surface area contributed by atoms with Gasteiger partial charge in [0.25, 0.3) is 11.9 Å². The minimum atomic E-state index is -0.117. The third kappa shape index (κ3) is 4.69. The van der Waals surface area contributed by atoms with E-state index in [1.54, 1.807) is 23.1 Å². The fourth-order valence-corrected chi connectivity index (χ4v) is 3.81. The van der Waals surface area contributed by atoms with Crippen LogP contribution in [0.3, 0.4) is 0 Å². The number of carbonyl (C=O) groups is 2. The SMILES string of the molecule is COc1ccc(C(=O)N2CCC(CCC(=O)Nc3ccc4c(c3)OCCO4)CC2)o1. The lowest BCUT2D eigenvalue weighted by molar-refractivity contribution is -0.116. The van der Waals surface area contributed by atoms with Gasteiger partial charge in [-0.3, -0.25) is 9.59 Å². The molecule has 1 aromatic heterocycles. The van der Waals surface area contributed by atoms with Crippen LogP contribution in [0.25, 0.3) is 0 Å². The van der Waals surface area contributed by atoms with Crippen molar-refractivity contribution in [2.75, 3.05) is 38.7 Å². The highest BCUT2D eigenvalue weighted by molar-refractivity contribution is 5.92. The molecule has 160 valence electrons. The first-order valence-electron chi connectivity index (χ1n) is 10.2. The van der Waals surface area contributed by atoms with E-state index in [0.29, 0.717) is 67.5 Å². The molecule has 1 fully saturated rings. The number of furan rings is 1. The zero-order chi connectivity index (χ0) is 20.9. The molecule has 8 nitrogen and oxygen atoms in total. The first-order valence-corrected chi connectivity index (χ1v) is 10.2. The average molecular weight is 414 g/mol. The first-order chi connectivity index (χ1) is 14.6. The van der Waals surface area contributed by atoms with Gasteiger partial charge in [-0.05, 0) is 43.4 Å². The molecule has 2 amide bonds. The van der Waals surface area contributed by atoms with Crippen LogP contribution in [0.1, 0.15) is 36.2 Å². The van der Waals surface area contributed by atoms with Crippen LogP contribution in [0.15, 0.2) is 34.7 Å². The van der Waals surface area contributed by atoms with Crippen LogP contribution in [0.4, 0.5) is 5.69 Å². The van der Waals surface area contributed by atoms with Crippen LogP contribution in [0.2, 0.25) is 0 Å². The third-order valence-electron chi connectivity index (χ3n) is 5.50. The largest absolute Gasteiger partial charge is 0.486 e. The molecule has 0 spiro atoms. The normalized spacial score (nSPS) is 16.2. The van der Waals surface area contributed by atoms with Gasteiger partial charge in [0.15, 0.2) is 17.3 Å². The van der Waals surface area contributed by atoms with E-state index in [1.807, 2.05) is 12.1 Å². The number of methoxy groups -OCH3 is 1. The molecular formula is C22H26N2O6.